The average molecular weight is 493 g/mol. The summed E-state index contributed by atoms with van der Waals surface area (Å²) in [7, 11) is 1.52. The second kappa shape index (κ2) is 9.85. The third-order valence-electron chi connectivity index (χ3n) is 6.92. The summed E-state index contributed by atoms with van der Waals surface area (Å²) in [5, 5.41) is 6.03. The lowest BCUT2D eigenvalue weighted by atomic mass is 9.81. The lowest BCUT2D eigenvalue weighted by Crippen LogP contribution is -2.69. The van der Waals surface area contributed by atoms with Crippen LogP contribution in [0.4, 0.5) is 33.7 Å². The van der Waals surface area contributed by atoms with E-state index in [1.54, 1.807) is 11.8 Å². The van der Waals surface area contributed by atoms with Crippen molar-refractivity contribution in [3.63, 3.8) is 0 Å². The van der Waals surface area contributed by atoms with Gasteiger partial charge in [-0.1, -0.05) is 18.9 Å². The van der Waals surface area contributed by atoms with Gasteiger partial charge in [-0.25, -0.2) is 9.18 Å². The molecular formula is C25H28F4N4O2. The SMILES string of the molecule is CC(C1NC2CCCCC2C(=O)N1c1ccc(F)cc1)N(C)C(=O)Nc1cccc(C(F)(F)F)c1. The van der Waals surface area contributed by atoms with E-state index in [-0.39, 0.29) is 23.6 Å². The van der Waals surface area contributed by atoms with E-state index in [1.165, 1.54) is 48.3 Å². The number of hydrogen-bond donors (Lipinski definition) is 2. The Labute approximate surface area is 201 Å². The van der Waals surface area contributed by atoms with Gasteiger partial charge in [0.15, 0.2) is 0 Å². The lowest BCUT2D eigenvalue weighted by Gasteiger charge is -2.49. The summed E-state index contributed by atoms with van der Waals surface area (Å²) >= 11 is 0. The van der Waals surface area contributed by atoms with Gasteiger partial charge < -0.3 is 10.2 Å². The number of rotatable bonds is 4. The van der Waals surface area contributed by atoms with Crippen LogP contribution in [0, 0.1) is 11.7 Å². The van der Waals surface area contributed by atoms with Crippen LogP contribution in [0.25, 0.3) is 0 Å². The van der Waals surface area contributed by atoms with Crippen LogP contribution in [0.2, 0.25) is 0 Å². The zero-order valence-electron chi connectivity index (χ0n) is 19.5. The minimum absolute atomic E-state index is 0.0132. The van der Waals surface area contributed by atoms with Crippen molar-refractivity contribution >= 4 is 23.3 Å². The molecule has 188 valence electrons. The van der Waals surface area contributed by atoms with E-state index in [4.69, 9.17) is 0 Å². The van der Waals surface area contributed by atoms with E-state index in [0.717, 1.165) is 37.8 Å². The number of urea groups is 1. The molecule has 0 bridgehead atoms. The van der Waals surface area contributed by atoms with Crippen LogP contribution < -0.4 is 15.5 Å². The Hall–Kier alpha value is -3.14. The van der Waals surface area contributed by atoms with Crippen molar-refractivity contribution in [2.45, 2.75) is 57.0 Å². The van der Waals surface area contributed by atoms with Crippen molar-refractivity contribution in [2.24, 2.45) is 5.92 Å². The number of alkyl halides is 3. The molecule has 6 nitrogen and oxygen atoms in total. The summed E-state index contributed by atoms with van der Waals surface area (Å²) in [6.07, 6.45) is -1.61. The molecule has 3 amide bonds. The molecule has 1 aliphatic heterocycles. The number of carbonyl (C=O) groups is 2. The zero-order chi connectivity index (χ0) is 25.3. The Morgan fingerprint density at radius 3 is 2.51 bits per heavy atom. The predicted molar refractivity (Wildman–Crippen MR) is 124 cm³/mol. The molecule has 35 heavy (non-hydrogen) atoms. The first kappa shape index (κ1) is 25.0. The number of halogens is 4. The number of benzene rings is 2. The molecule has 10 heteroatoms. The molecule has 2 aromatic rings. The maximum atomic E-state index is 13.6. The number of anilines is 2. The molecule has 1 saturated heterocycles. The monoisotopic (exact) mass is 492 g/mol. The first-order valence-electron chi connectivity index (χ1n) is 11.6. The summed E-state index contributed by atoms with van der Waals surface area (Å²) in [5.41, 5.74) is -0.341. The van der Waals surface area contributed by atoms with Crippen LogP contribution >= 0.6 is 0 Å². The van der Waals surface area contributed by atoms with Gasteiger partial charge in [-0.05, 0) is 62.2 Å². The fourth-order valence-electron chi connectivity index (χ4n) is 4.86. The van der Waals surface area contributed by atoms with Crippen LogP contribution in [0.15, 0.2) is 48.5 Å². The van der Waals surface area contributed by atoms with E-state index < -0.39 is 35.8 Å². The number of nitrogens with one attached hydrogen (secondary N) is 2. The van der Waals surface area contributed by atoms with Gasteiger partial charge >= 0.3 is 12.2 Å². The summed E-state index contributed by atoms with van der Waals surface area (Å²) < 4.78 is 52.7. The normalized spacial score (nSPS) is 23.4. The Morgan fingerprint density at radius 2 is 1.83 bits per heavy atom. The second-order valence-corrected chi connectivity index (χ2v) is 9.15. The van der Waals surface area contributed by atoms with Gasteiger partial charge in [0, 0.05) is 24.5 Å². The quantitative estimate of drug-likeness (QED) is 0.576. The minimum atomic E-state index is -4.53. The molecular weight excluding hydrogens is 464 g/mol. The molecule has 1 heterocycles. The van der Waals surface area contributed by atoms with Crippen molar-refractivity contribution in [2.75, 3.05) is 17.3 Å². The molecule has 2 fully saturated rings. The molecule has 1 aliphatic carbocycles. The zero-order valence-corrected chi connectivity index (χ0v) is 19.5. The smallest absolute Gasteiger partial charge is 0.321 e. The van der Waals surface area contributed by atoms with Crippen LogP contribution in [0.1, 0.15) is 38.2 Å². The fraction of sp³-hybridized carbons (Fsp3) is 0.440. The molecule has 4 unspecified atom stereocenters. The van der Waals surface area contributed by atoms with Crippen molar-refractivity contribution in [1.82, 2.24) is 10.2 Å². The summed E-state index contributed by atoms with van der Waals surface area (Å²) in [6.45, 7) is 1.76. The number of amides is 3. The van der Waals surface area contributed by atoms with Crippen LogP contribution in [0.5, 0.6) is 0 Å². The molecule has 2 aliphatic rings. The first-order chi connectivity index (χ1) is 16.6. The molecule has 0 spiro atoms. The van der Waals surface area contributed by atoms with E-state index in [2.05, 4.69) is 10.6 Å². The van der Waals surface area contributed by atoms with E-state index in [0.29, 0.717) is 5.69 Å². The maximum absolute atomic E-state index is 13.6. The fourth-order valence-corrected chi connectivity index (χ4v) is 4.86. The van der Waals surface area contributed by atoms with Crippen molar-refractivity contribution in [1.29, 1.82) is 0 Å². The van der Waals surface area contributed by atoms with Crippen molar-refractivity contribution < 1.29 is 27.2 Å². The number of likely N-dealkylation sites (N-methyl/N-ethyl adjacent to an activating group) is 1. The highest BCUT2D eigenvalue weighted by Crippen LogP contribution is 2.35. The Balaban J connectivity index is 1.57. The second-order valence-electron chi connectivity index (χ2n) is 9.15. The minimum Gasteiger partial charge on any atom is -0.321 e. The number of fused-ring (bicyclic) bond motifs is 1. The molecule has 4 atom stereocenters. The molecule has 0 radical (unpaired) electrons. The predicted octanol–water partition coefficient (Wildman–Crippen LogP) is 5.22. The molecule has 0 aromatic heterocycles. The van der Waals surface area contributed by atoms with Crippen molar-refractivity contribution in [3.05, 3.63) is 59.9 Å². The Kier molecular flexibility index (Phi) is 7.02. The van der Waals surface area contributed by atoms with E-state index in [1.807, 2.05) is 0 Å². The largest absolute Gasteiger partial charge is 0.416 e. The van der Waals surface area contributed by atoms with Crippen LogP contribution in [-0.4, -0.2) is 42.1 Å². The third kappa shape index (κ3) is 5.27. The number of hydrogen-bond acceptors (Lipinski definition) is 3. The average Bonchev–Trinajstić information content (AvgIpc) is 2.83. The Morgan fingerprint density at radius 1 is 1.14 bits per heavy atom. The van der Waals surface area contributed by atoms with Crippen LogP contribution in [0.3, 0.4) is 0 Å². The molecule has 4 rings (SSSR count). The molecule has 1 saturated carbocycles. The van der Waals surface area contributed by atoms with Gasteiger partial charge in [0.25, 0.3) is 0 Å². The maximum Gasteiger partial charge on any atom is 0.416 e. The molecule has 2 N–H and O–H groups in total. The molecule has 2 aromatic carbocycles. The topological polar surface area (TPSA) is 64.7 Å². The standard InChI is InChI=1S/C25H28F4N4O2/c1-15(32(2)24(35)30-18-7-5-6-16(14-18)25(27,28)29)22-31-21-9-4-3-8-20(21)23(34)33(22)19-12-10-17(26)11-13-19/h5-7,10-15,20-22,31H,3-4,8-9H2,1-2H3,(H,30,35). The number of nitrogens with zero attached hydrogens (tertiary/aromatic N) is 2. The van der Waals surface area contributed by atoms with Gasteiger partial charge in [-0.2, -0.15) is 13.2 Å². The van der Waals surface area contributed by atoms with Crippen LogP contribution in [-0.2, 0) is 11.0 Å². The Bertz CT molecular complexity index is 1080. The third-order valence-corrected chi connectivity index (χ3v) is 6.92. The lowest BCUT2D eigenvalue weighted by molar-refractivity contribution is -0.137. The first-order valence-corrected chi connectivity index (χ1v) is 11.6. The highest BCUT2D eigenvalue weighted by Gasteiger charge is 2.46. The highest BCUT2D eigenvalue weighted by atomic mass is 19.4. The van der Waals surface area contributed by atoms with Gasteiger partial charge in [-0.3, -0.25) is 15.0 Å². The highest BCUT2D eigenvalue weighted by molar-refractivity contribution is 5.97. The van der Waals surface area contributed by atoms with Gasteiger partial charge in [0.1, 0.15) is 12.0 Å². The van der Waals surface area contributed by atoms with E-state index in [9.17, 15) is 27.2 Å². The van der Waals surface area contributed by atoms with Crippen molar-refractivity contribution in [3.8, 4) is 0 Å². The summed E-state index contributed by atoms with van der Waals surface area (Å²) in [6, 6.07) is 8.81. The number of carbonyl (C=O) groups excluding carboxylic acids is 2. The van der Waals surface area contributed by atoms with E-state index >= 15 is 0 Å². The van der Waals surface area contributed by atoms with Gasteiger partial charge in [0.05, 0.1) is 17.5 Å². The summed E-state index contributed by atoms with van der Waals surface area (Å²) in [4.78, 5) is 29.4. The van der Waals surface area contributed by atoms with Gasteiger partial charge in [-0.15, -0.1) is 0 Å². The van der Waals surface area contributed by atoms with Gasteiger partial charge in [0.2, 0.25) is 5.91 Å². The summed E-state index contributed by atoms with van der Waals surface area (Å²) in [5.74, 6) is -0.714.